The van der Waals surface area contributed by atoms with Gasteiger partial charge >= 0.3 is 0 Å². The molecule has 1 aromatic heterocycles. The van der Waals surface area contributed by atoms with Gasteiger partial charge in [0.25, 0.3) is 0 Å². The monoisotopic (exact) mass is 327 g/mol. The summed E-state index contributed by atoms with van der Waals surface area (Å²) in [6, 6.07) is 3.90. The minimum absolute atomic E-state index is 0.231. The van der Waals surface area contributed by atoms with Gasteiger partial charge in [0.15, 0.2) is 0 Å². The molecule has 1 atom stereocenters. The SMILES string of the molecule is Cc1cscc1CNC1CCOc2c(Cl)cc(Cl)cc21. The Labute approximate surface area is 132 Å². The Kier molecular flexibility index (Phi) is 4.22. The molecule has 1 N–H and O–H groups in total. The lowest BCUT2D eigenvalue weighted by molar-refractivity contribution is 0.252. The van der Waals surface area contributed by atoms with E-state index in [1.54, 1.807) is 17.4 Å². The highest BCUT2D eigenvalue weighted by Gasteiger charge is 2.24. The molecule has 1 aromatic carbocycles. The first-order chi connectivity index (χ1) is 9.65. The molecule has 0 radical (unpaired) electrons. The molecule has 0 amide bonds. The van der Waals surface area contributed by atoms with Gasteiger partial charge in [0.05, 0.1) is 11.6 Å². The molecule has 2 aromatic rings. The van der Waals surface area contributed by atoms with Gasteiger partial charge in [-0.05, 0) is 40.9 Å². The summed E-state index contributed by atoms with van der Waals surface area (Å²) in [5.41, 5.74) is 3.73. The van der Waals surface area contributed by atoms with Crippen LogP contribution in [0.4, 0.5) is 0 Å². The fourth-order valence-corrected chi connectivity index (χ4v) is 3.86. The highest BCUT2D eigenvalue weighted by molar-refractivity contribution is 7.08. The van der Waals surface area contributed by atoms with Crippen molar-refractivity contribution in [2.45, 2.75) is 25.9 Å². The smallest absolute Gasteiger partial charge is 0.142 e. The van der Waals surface area contributed by atoms with Crippen LogP contribution in [0.1, 0.15) is 29.2 Å². The van der Waals surface area contributed by atoms with E-state index in [0.29, 0.717) is 16.7 Å². The summed E-state index contributed by atoms with van der Waals surface area (Å²) in [7, 11) is 0. The highest BCUT2D eigenvalue weighted by Crippen LogP contribution is 2.40. The Morgan fingerprint density at radius 1 is 1.35 bits per heavy atom. The molecule has 2 nitrogen and oxygen atoms in total. The maximum Gasteiger partial charge on any atom is 0.142 e. The second kappa shape index (κ2) is 5.94. The van der Waals surface area contributed by atoms with Crippen molar-refractivity contribution in [1.82, 2.24) is 5.32 Å². The van der Waals surface area contributed by atoms with Crippen molar-refractivity contribution < 1.29 is 4.74 Å². The number of rotatable bonds is 3. The largest absolute Gasteiger partial charge is 0.492 e. The molecule has 1 aliphatic rings. The van der Waals surface area contributed by atoms with E-state index in [0.717, 1.165) is 24.3 Å². The Balaban J connectivity index is 1.81. The van der Waals surface area contributed by atoms with Crippen LogP contribution < -0.4 is 10.1 Å². The van der Waals surface area contributed by atoms with Crippen LogP contribution in [0, 0.1) is 6.92 Å². The molecule has 5 heteroatoms. The zero-order valence-electron chi connectivity index (χ0n) is 11.1. The van der Waals surface area contributed by atoms with E-state index >= 15 is 0 Å². The van der Waals surface area contributed by atoms with Crippen LogP contribution in [0.25, 0.3) is 0 Å². The van der Waals surface area contributed by atoms with Crippen molar-refractivity contribution in [3.63, 3.8) is 0 Å². The summed E-state index contributed by atoms with van der Waals surface area (Å²) in [4.78, 5) is 0. The third kappa shape index (κ3) is 2.82. The zero-order chi connectivity index (χ0) is 14.1. The first-order valence-corrected chi connectivity index (χ1v) is 8.22. The van der Waals surface area contributed by atoms with Gasteiger partial charge in [-0.1, -0.05) is 23.2 Å². The molecule has 2 heterocycles. The number of thiophene rings is 1. The summed E-state index contributed by atoms with van der Waals surface area (Å²) >= 11 is 14.0. The second-order valence-corrected chi connectivity index (χ2v) is 6.54. The maximum atomic E-state index is 6.20. The van der Waals surface area contributed by atoms with Crippen LogP contribution in [0.15, 0.2) is 22.9 Å². The number of hydrogen-bond acceptors (Lipinski definition) is 3. The summed E-state index contributed by atoms with van der Waals surface area (Å²) < 4.78 is 5.67. The van der Waals surface area contributed by atoms with E-state index < -0.39 is 0 Å². The minimum Gasteiger partial charge on any atom is -0.492 e. The lowest BCUT2D eigenvalue weighted by atomic mass is 10.00. The number of hydrogen-bond donors (Lipinski definition) is 1. The lowest BCUT2D eigenvalue weighted by Gasteiger charge is -2.27. The average Bonchev–Trinajstić information content (AvgIpc) is 2.82. The number of halogens is 2. The molecule has 0 aliphatic carbocycles. The molecular formula is C15H15Cl2NOS. The van der Waals surface area contributed by atoms with Gasteiger partial charge < -0.3 is 10.1 Å². The van der Waals surface area contributed by atoms with E-state index in [-0.39, 0.29) is 6.04 Å². The molecule has 20 heavy (non-hydrogen) atoms. The minimum atomic E-state index is 0.231. The van der Waals surface area contributed by atoms with Crippen LogP contribution in [0.5, 0.6) is 5.75 Å². The maximum absolute atomic E-state index is 6.20. The van der Waals surface area contributed by atoms with Crippen LogP contribution in [-0.2, 0) is 6.54 Å². The van der Waals surface area contributed by atoms with Crippen LogP contribution in [-0.4, -0.2) is 6.61 Å². The molecule has 3 rings (SSSR count). The Hall–Kier alpha value is -0.740. The van der Waals surface area contributed by atoms with Crippen molar-refractivity contribution >= 4 is 34.5 Å². The van der Waals surface area contributed by atoms with Gasteiger partial charge in [-0.3, -0.25) is 0 Å². The Morgan fingerprint density at radius 3 is 2.95 bits per heavy atom. The van der Waals surface area contributed by atoms with Gasteiger partial charge in [-0.25, -0.2) is 0 Å². The zero-order valence-corrected chi connectivity index (χ0v) is 13.4. The molecule has 0 bridgehead atoms. The first-order valence-electron chi connectivity index (χ1n) is 6.52. The van der Waals surface area contributed by atoms with Crippen molar-refractivity contribution in [2.24, 2.45) is 0 Å². The standard InChI is InChI=1S/C15H15Cl2NOS/c1-9-7-20-8-10(9)6-18-14-2-3-19-15-12(14)4-11(16)5-13(15)17/h4-5,7-8,14,18H,2-3,6H2,1H3. The van der Waals surface area contributed by atoms with Gasteiger partial charge in [0, 0.05) is 29.6 Å². The molecule has 1 aliphatic heterocycles. The second-order valence-electron chi connectivity index (χ2n) is 4.96. The topological polar surface area (TPSA) is 21.3 Å². The molecule has 0 spiro atoms. The third-order valence-corrected chi connectivity index (χ3v) is 4.98. The van der Waals surface area contributed by atoms with E-state index in [4.69, 9.17) is 27.9 Å². The Bertz CT molecular complexity index is 626. The van der Waals surface area contributed by atoms with E-state index in [9.17, 15) is 0 Å². The van der Waals surface area contributed by atoms with E-state index in [1.807, 2.05) is 6.07 Å². The van der Waals surface area contributed by atoms with Gasteiger partial charge in [0.1, 0.15) is 5.75 Å². The van der Waals surface area contributed by atoms with Crippen molar-refractivity contribution in [3.8, 4) is 5.75 Å². The predicted octanol–water partition coefficient (Wildman–Crippen LogP) is 4.98. The van der Waals surface area contributed by atoms with E-state index in [2.05, 4.69) is 23.0 Å². The predicted molar refractivity (Wildman–Crippen MR) is 85.2 cm³/mol. The molecule has 1 unspecified atom stereocenters. The van der Waals surface area contributed by atoms with Crippen LogP contribution in [0.3, 0.4) is 0 Å². The molecular weight excluding hydrogens is 313 g/mol. The van der Waals surface area contributed by atoms with Gasteiger partial charge in [-0.2, -0.15) is 11.3 Å². The number of benzene rings is 1. The molecule has 106 valence electrons. The fourth-order valence-electron chi connectivity index (χ4n) is 2.44. The van der Waals surface area contributed by atoms with Crippen LogP contribution in [0.2, 0.25) is 10.0 Å². The molecule has 0 fully saturated rings. The molecule has 0 saturated carbocycles. The normalized spacial score (nSPS) is 17.6. The fraction of sp³-hybridized carbons (Fsp3) is 0.333. The summed E-state index contributed by atoms with van der Waals surface area (Å²) in [5, 5.41) is 9.18. The molecule has 0 saturated heterocycles. The van der Waals surface area contributed by atoms with Crippen LogP contribution >= 0.6 is 34.5 Å². The summed E-state index contributed by atoms with van der Waals surface area (Å²) in [6.45, 7) is 3.66. The summed E-state index contributed by atoms with van der Waals surface area (Å²) in [6.07, 6.45) is 0.923. The quantitative estimate of drug-likeness (QED) is 0.858. The number of aryl methyl sites for hydroxylation is 1. The van der Waals surface area contributed by atoms with Crippen molar-refractivity contribution in [1.29, 1.82) is 0 Å². The first kappa shape index (κ1) is 14.2. The van der Waals surface area contributed by atoms with Crippen molar-refractivity contribution in [2.75, 3.05) is 6.61 Å². The summed E-state index contributed by atoms with van der Waals surface area (Å²) in [5.74, 6) is 0.766. The van der Waals surface area contributed by atoms with Gasteiger partial charge in [0.2, 0.25) is 0 Å². The number of ether oxygens (including phenoxy) is 1. The number of fused-ring (bicyclic) bond motifs is 1. The highest BCUT2D eigenvalue weighted by atomic mass is 35.5. The van der Waals surface area contributed by atoms with Crippen molar-refractivity contribution in [3.05, 3.63) is 49.6 Å². The average molecular weight is 328 g/mol. The lowest BCUT2D eigenvalue weighted by Crippen LogP contribution is -2.27. The number of nitrogens with one attached hydrogen (secondary N) is 1. The van der Waals surface area contributed by atoms with Gasteiger partial charge in [-0.15, -0.1) is 0 Å². The Morgan fingerprint density at radius 2 is 2.20 bits per heavy atom. The third-order valence-electron chi connectivity index (χ3n) is 3.57. The van der Waals surface area contributed by atoms with E-state index in [1.165, 1.54) is 11.1 Å².